The molecule has 0 aliphatic heterocycles. The third kappa shape index (κ3) is 5.08. The minimum Gasteiger partial charge on any atom is -0.334 e. The Hall–Kier alpha value is -4.01. The van der Waals surface area contributed by atoms with E-state index < -0.39 is 4.92 Å². The van der Waals surface area contributed by atoms with E-state index in [1.54, 1.807) is 60.7 Å². The van der Waals surface area contributed by atoms with Crippen LogP contribution in [-0.2, 0) is 0 Å². The summed E-state index contributed by atoms with van der Waals surface area (Å²) >= 11 is 12.0. The van der Waals surface area contributed by atoms with Crippen molar-refractivity contribution in [3.63, 3.8) is 0 Å². The van der Waals surface area contributed by atoms with Gasteiger partial charge in [0, 0.05) is 16.8 Å². The number of rotatable bonds is 7. The fraction of sp³-hybridized carbons (Fsp3) is 0. The summed E-state index contributed by atoms with van der Waals surface area (Å²) in [5, 5.41) is 18.0. The highest BCUT2D eigenvalue weighted by molar-refractivity contribution is 6.42. The predicted molar refractivity (Wildman–Crippen MR) is 128 cm³/mol. The van der Waals surface area contributed by atoms with E-state index in [0.717, 1.165) is 6.20 Å². The van der Waals surface area contributed by atoms with Crippen molar-refractivity contribution in [1.82, 2.24) is 9.97 Å². The molecular weight excluding hydrogens is 465 g/mol. The van der Waals surface area contributed by atoms with Gasteiger partial charge in [0.15, 0.2) is 5.78 Å². The maximum Gasteiger partial charge on any atom is 0.329 e. The summed E-state index contributed by atoms with van der Waals surface area (Å²) in [6.45, 7) is 0. The quantitative estimate of drug-likeness (QED) is 0.179. The normalized spacial score (nSPS) is 10.5. The molecule has 3 aromatic carbocycles. The highest BCUT2D eigenvalue weighted by Crippen LogP contribution is 2.31. The van der Waals surface area contributed by atoms with Crippen LogP contribution in [0.5, 0.6) is 0 Å². The number of hydrogen-bond acceptors (Lipinski definition) is 7. The topological polar surface area (TPSA) is 110 Å². The molecular formula is C23H15Cl2N5O3. The monoisotopic (exact) mass is 479 g/mol. The molecule has 1 heterocycles. The molecule has 0 fully saturated rings. The van der Waals surface area contributed by atoms with Crippen molar-refractivity contribution in [1.29, 1.82) is 0 Å². The number of nitrogens with zero attached hydrogens (tertiary/aromatic N) is 3. The number of para-hydroxylation sites is 1. The number of aromatic nitrogens is 2. The van der Waals surface area contributed by atoms with Crippen molar-refractivity contribution >= 4 is 57.8 Å². The maximum atomic E-state index is 13.0. The molecule has 0 unspecified atom stereocenters. The fourth-order valence-electron chi connectivity index (χ4n) is 3.03. The number of nitrogens with one attached hydrogen (secondary N) is 2. The molecule has 8 nitrogen and oxygen atoms in total. The van der Waals surface area contributed by atoms with Gasteiger partial charge in [-0.2, -0.15) is 4.98 Å². The first-order chi connectivity index (χ1) is 15.9. The Bertz CT molecular complexity index is 1350. The summed E-state index contributed by atoms with van der Waals surface area (Å²) in [5.74, 6) is -0.172. The van der Waals surface area contributed by atoms with Crippen LogP contribution in [0.4, 0.5) is 28.8 Å². The number of hydrogen-bond donors (Lipinski definition) is 2. The Morgan fingerprint density at radius 3 is 2.36 bits per heavy atom. The number of halogens is 2. The fourth-order valence-corrected chi connectivity index (χ4v) is 3.33. The van der Waals surface area contributed by atoms with Crippen molar-refractivity contribution in [3.05, 3.63) is 110 Å². The minimum atomic E-state index is -0.601. The van der Waals surface area contributed by atoms with Gasteiger partial charge in [-0.3, -0.25) is 14.9 Å². The Kier molecular flexibility index (Phi) is 6.48. The molecule has 0 amide bonds. The molecule has 33 heavy (non-hydrogen) atoms. The highest BCUT2D eigenvalue weighted by atomic mass is 35.5. The summed E-state index contributed by atoms with van der Waals surface area (Å²) in [7, 11) is 0. The van der Waals surface area contributed by atoms with Crippen LogP contribution in [0.25, 0.3) is 0 Å². The first-order valence-corrected chi connectivity index (χ1v) is 10.4. The van der Waals surface area contributed by atoms with E-state index in [-0.39, 0.29) is 28.3 Å². The number of anilines is 4. The van der Waals surface area contributed by atoms with Crippen LogP contribution in [-0.4, -0.2) is 20.7 Å². The second kappa shape index (κ2) is 9.64. The number of nitro groups is 1. The molecule has 0 atom stereocenters. The van der Waals surface area contributed by atoms with Crippen molar-refractivity contribution in [2.45, 2.75) is 0 Å². The van der Waals surface area contributed by atoms with Crippen LogP contribution >= 0.6 is 23.2 Å². The smallest absolute Gasteiger partial charge is 0.329 e. The molecule has 4 rings (SSSR count). The van der Waals surface area contributed by atoms with Gasteiger partial charge < -0.3 is 10.6 Å². The first kappa shape index (κ1) is 22.2. The van der Waals surface area contributed by atoms with Crippen LogP contribution in [0.2, 0.25) is 10.0 Å². The molecule has 164 valence electrons. The molecule has 2 N–H and O–H groups in total. The summed E-state index contributed by atoms with van der Waals surface area (Å²) in [6, 6.07) is 20.4. The lowest BCUT2D eigenvalue weighted by Gasteiger charge is -2.12. The van der Waals surface area contributed by atoms with E-state index in [1.165, 1.54) is 6.07 Å². The van der Waals surface area contributed by atoms with Crippen LogP contribution in [0.3, 0.4) is 0 Å². The van der Waals surface area contributed by atoms with Crippen LogP contribution < -0.4 is 10.6 Å². The Labute approximate surface area is 198 Å². The number of carbonyl (C=O) groups excluding carboxylic acids is 1. The standard InChI is InChI=1S/C23H15Cl2N5O3/c24-17-11-10-15(12-18(17)25)27-22-20(30(32)33)13-26-23(29-22)28-19-9-5-4-8-16(19)21(31)14-6-2-1-3-7-14/h1-13H,(H2,26,27,28,29). The summed E-state index contributed by atoms with van der Waals surface area (Å²) < 4.78 is 0. The van der Waals surface area contributed by atoms with E-state index in [2.05, 4.69) is 20.6 Å². The lowest BCUT2D eigenvalue weighted by atomic mass is 10.0. The van der Waals surface area contributed by atoms with Crippen molar-refractivity contribution in [2.75, 3.05) is 10.6 Å². The summed E-state index contributed by atoms with van der Waals surface area (Å²) in [4.78, 5) is 32.1. The molecule has 0 aliphatic rings. The second-order valence-corrected chi connectivity index (χ2v) is 7.62. The predicted octanol–water partition coefficient (Wildman–Crippen LogP) is 6.41. The maximum absolute atomic E-state index is 13.0. The van der Waals surface area contributed by atoms with Gasteiger partial charge in [0.25, 0.3) is 0 Å². The van der Waals surface area contributed by atoms with Crippen LogP contribution in [0.1, 0.15) is 15.9 Å². The number of ketones is 1. The van der Waals surface area contributed by atoms with E-state index >= 15 is 0 Å². The largest absolute Gasteiger partial charge is 0.334 e. The zero-order chi connectivity index (χ0) is 23.4. The average molecular weight is 480 g/mol. The molecule has 0 saturated heterocycles. The molecule has 4 aromatic rings. The number of carbonyl (C=O) groups is 1. The van der Waals surface area contributed by atoms with Crippen molar-refractivity contribution in [2.24, 2.45) is 0 Å². The summed E-state index contributed by atoms with van der Waals surface area (Å²) in [5.41, 5.74) is 1.51. The Morgan fingerprint density at radius 2 is 1.64 bits per heavy atom. The van der Waals surface area contributed by atoms with Crippen molar-refractivity contribution in [3.8, 4) is 0 Å². The lowest BCUT2D eigenvalue weighted by Crippen LogP contribution is -2.08. The molecule has 0 aliphatic carbocycles. The third-order valence-corrected chi connectivity index (χ3v) is 5.34. The van der Waals surface area contributed by atoms with Gasteiger partial charge in [-0.05, 0) is 30.3 Å². The molecule has 0 saturated carbocycles. The van der Waals surface area contributed by atoms with Gasteiger partial charge >= 0.3 is 5.69 Å². The zero-order valence-electron chi connectivity index (χ0n) is 16.8. The average Bonchev–Trinajstić information content (AvgIpc) is 2.82. The molecule has 0 radical (unpaired) electrons. The highest BCUT2D eigenvalue weighted by Gasteiger charge is 2.19. The van der Waals surface area contributed by atoms with E-state index in [1.807, 2.05) is 6.07 Å². The zero-order valence-corrected chi connectivity index (χ0v) is 18.3. The second-order valence-electron chi connectivity index (χ2n) is 6.80. The van der Waals surface area contributed by atoms with Gasteiger partial charge in [0.1, 0.15) is 6.20 Å². The van der Waals surface area contributed by atoms with E-state index in [0.29, 0.717) is 27.5 Å². The first-order valence-electron chi connectivity index (χ1n) is 9.61. The number of benzene rings is 3. The van der Waals surface area contributed by atoms with Gasteiger partial charge in [0.05, 0.1) is 20.7 Å². The lowest BCUT2D eigenvalue weighted by molar-refractivity contribution is -0.384. The van der Waals surface area contributed by atoms with Gasteiger partial charge in [0.2, 0.25) is 11.8 Å². The van der Waals surface area contributed by atoms with Gasteiger partial charge in [-0.25, -0.2) is 4.98 Å². The van der Waals surface area contributed by atoms with Crippen molar-refractivity contribution < 1.29 is 9.72 Å². The van der Waals surface area contributed by atoms with E-state index in [4.69, 9.17) is 23.2 Å². The minimum absolute atomic E-state index is 0.0530. The van der Waals surface area contributed by atoms with E-state index in [9.17, 15) is 14.9 Å². The third-order valence-electron chi connectivity index (χ3n) is 4.60. The molecule has 10 heteroatoms. The SMILES string of the molecule is O=C(c1ccccc1)c1ccccc1Nc1ncc([N+](=O)[O-])c(Nc2ccc(Cl)c(Cl)c2)n1. The van der Waals surface area contributed by atoms with Crippen LogP contribution in [0, 0.1) is 10.1 Å². The van der Waals surface area contributed by atoms with Gasteiger partial charge in [-0.1, -0.05) is 65.7 Å². The molecule has 0 spiro atoms. The molecule has 0 bridgehead atoms. The van der Waals surface area contributed by atoms with Crippen LogP contribution in [0.15, 0.2) is 79.0 Å². The Balaban J connectivity index is 1.67. The Morgan fingerprint density at radius 1 is 0.909 bits per heavy atom. The molecule has 1 aromatic heterocycles. The summed E-state index contributed by atoms with van der Waals surface area (Å²) in [6.07, 6.45) is 1.08. The van der Waals surface area contributed by atoms with Gasteiger partial charge in [-0.15, -0.1) is 0 Å².